The van der Waals surface area contributed by atoms with Crippen LogP contribution in [0.5, 0.6) is 11.5 Å². The van der Waals surface area contributed by atoms with Crippen molar-refractivity contribution in [2.75, 3.05) is 69.8 Å². The van der Waals surface area contributed by atoms with Crippen molar-refractivity contribution in [1.29, 1.82) is 5.26 Å². The first-order valence-electron chi connectivity index (χ1n) is 16.7. The van der Waals surface area contributed by atoms with Crippen molar-refractivity contribution in [3.63, 3.8) is 0 Å². The molecule has 4 heterocycles. The highest BCUT2D eigenvalue weighted by Gasteiger charge is 2.38. The van der Waals surface area contributed by atoms with Gasteiger partial charge in [0.25, 0.3) is 0 Å². The molecular weight excluding hydrogens is 631 g/mol. The van der Waals surface area contributed by atoms with Gasteiger partial charge in [0.15, 0.2) is 12.0 Å². The van der Waals surface area contributed by atoms with E-state index < -0.39 is 12.3 Å². The van der Waals surface area contributed by atoms with E-state index in [9.17, 15) is 14.9 Å². The molecule has 7 rings (SSSR count). The normalized spacial score (nSPS) is 23.1. The van der Waals surface area contributed by atoms with Gasteiger partial charge in [-0.1, -0.05) is 0 Å². The molecule has 14 heteroatoms. The zero-order chi connectivity index (χ0) is 33.9. The molecule has 3 saturated heterocycles. The number of ketones is 1. The Hall–Kier alpha value is -4.87. The van der Waals surface area contributed by atoms with E-state index in [4.69, 9.17) is 14.2 Å². The van der Waals surface area contributed by atoms with E-state index in [0.717, 1.165) is 56.5 Å². The maximum Gasteiger partial charge on any atom is 0.230 e. The van der Waals surface area contributed by atoms with Crippen LogP contribution in [-0.4, -0.2) is 114 Å². The van der Waals surface area contributed by atoms with Gasteiger partial charge in [0, 0.05) is 75.2 Å². The molecule has 0 bridgehead atoms. The smallest absolute Gasteiger partial charge is 0.230 e. The molecule has 4 fully saturated rings. The molecule has 1 unspecified atom stereocenters. The van der Waals surface area contributed by atoms with Crippen LogP contribution in [0.2, 0.25) is 0 Å². The second-order valence-electron chi connectivity index (χ2n) is 12.9. The maximum absolute atomic E-state index is 15.2. The topological polar surface area (TPSA) is 146 Å². The number of hydrogen-bond acceptors (Lipinski definition) is 12. The van der Waals surface area contributed by atoms with Gasteiger partial charge in [-0.25, -0.2) is 14.4 Å². The summed E-state index contributed by atoms with van der Waals surface area (Å²) in [5.74, 6) is 1.22. The number of carbonyl (C=O) groups excluding carboxylic acids is 2. The van der Waals surface area contributed by atoms with Crippen molar-refractivity contribution in [2.24, 2.45) is 5.92 Å². The number of ether oxygens (including phenoxy) is 3. The number of hydrogen-bond donors (Lipinski definition) is 1. The zero-order valence-corrected chi connectivity index (χ0v) is 27.4. The molecule has 1 aliphatic carbocycles. The molecule has 3 aliphatic heterocycles. The molecule has 13 nitrogen and oxygen atoms in total. The minimum absolute atomic E-state index is 0.0802. The van der Waals surface area contributed by atoms with Gasteiger partial charge in [-0.15, -0.1) is 0 Å². The highest BCUT2D eigenvalue weighted by molar-refractivity contribution is 5.90. The SMILES string of the molecule is COc1cc(Nc2ncnc(-c3ccc(O[C@H]4CCN(C(=O)C5CCC(=O)C5)C[C@H]4F)c(C#N)c3)n2)ccc1N1CCN(C2COC2)CC1. The Balaban J connectivity index is 0.985. The van der Waals surface area contributed by atoms with Crippen LogP contribution < -0.4 is 19.7 Å². The highest BCUT2D eigenvalue weighted by Crippen LogP contribution is 2.34. The number of nitrogens with zero attached hydrogens (tertiary/aromatic N) is 7. The number of Topliss-reactive ketones (excluding diaryl/α,β-unsaturated/α-hetero) is 1. The lowest BCUT2D eigenvalue weighted by Crippen LogP contribution is -2.56. The first-order chi connectivity index (χ1) is 23.9. The van der Waals surface area contributed by atoms with Crippen LogP contribution in [0.4, 0.5) is 21.7 Å². The third-order valence-corrected chi connectivity index (χ3v) is 9.82. The van der Waals surface area contributed by atoms with E-state index in [0.29, 0.717) is 42.8 Å². The number of benzene rings is 2. The number of anilines is 3. The monoisotopic (exact) mass is 670 g/mol. The van der Waals surface area contributed by atoms with E-state index >= 15 is 4.39 Å². The van der Waals surface area contributed by atoms with Crippen LogP contribution in [0, 0.1) is 17.2 Å². The predicted molar refractivity (Wildman–Crippen MR) is 178 cm³/mol. The first kappa shape index (κ1) is 32.7. The van der Waals surface area contributed by atoms with Gasteiger partial charge >= 0.3 is 0 Å². The molecule has 3 aromatic rings. The minimum atomic E-state index is -1.43. The summed E-state index contributed by atoms with van der Waals surface area (Å²) >= 11 is 0. The number of halogens is 1. The average Bonchev–Trinajstić information content (AvgIpc) is 3.54. The number of methoxy groups -OCH3 is 1. The molecule has 1 amide bonds. The van der Waals surface area contributed by atoms with Crippen molar-refractivity contribution in [3.05, 3.63) is 48.3 Å². The van der Waals surface area contributed by atoms with Crippen LogP contribution in [0.25, 0.3) is 11.4 Å². The van der Waals surface area contributed by atoms with Gasteiger partial charge in [0.05, 0.1) is 44.2 Å². The molecular formula is C35H39FN8O5. The molecule has 49 heavy (non-hydrogen) atoms. The molecule has 3 atom stereocenters. The standard InChI is InChI=1S/C35H39FN8O5/c1-47-32-16-25(4-6-29(32)43-12-10-42(11-13-43)26-19-48-20-26)40-35-39-21-38-33(41-35)22-3-7-30(24(14-22)17-37)49-31-8-9-44(18-28(31)36)34(46)23-2-5-27(45)15-23/h3-4,6-7,14,16,21,23,26,28,31H,2,5,8-13,15,18-20H2,1H3,(H,38,39,40,41)/t23?,28-,31+/m1/s1. The van der Waals surface area contributed by atoms with Gasteiger partial charge in [0.2, 0.25) is 11.9 Å². The Morgan fingerprint density at radius 2 is 1.90 bits per heavy atom. The van der Waals surface area contributed by atoms with Gasteiger partial charge in [-0.3, -0.25) is 14.5 Å². The fourth-order valence-corrected chi connectivity index (χ4v) is 6.93. The fourth-order valence-electron chi connectivity index (χ4n) is 6.93. The number of carbonyl (C=O) groups is 2. The van der Waals surface area contributed by atoms with Crippen LogP contribution in [0.3, 0.4) is 0 Å². The number of piperazine rings is 1. The zero-order valence-electron chi connectivity index (χ0n) is 27.4. The highest BCUT2D eigenvalue weighted by atomic mass is 19.1. The molecule has 1 N–H and O–H groups in total. The lowest BCUT2D eigenvalue weighted by molar-refractivity contribution is -0.139. The lowest BCUT2D eigenvalue weighted by atomic mass is 10.0. The van der Waals surface area contributed by atoms with Crippen LogP contribution in [0.1, 0.15) is 31.2 Å². The van der Waals surface area contributed by atoms with Crippen LogP contribution in [0.15, 0.2) is 42.7 Å². The van der Waals surface area contributed by atoms with Crippen molar-refractivity contribution >= 4 is 29.0 Å². The Morgan fingerprint density at radius 1 is 1.06 bits per heavy atom. The van der Waals surface area contributed by atoms with Crippen molar-refractivity contribution in [3.8, 4) is 29.0 Å². The number of alkyl halides is 1. The molecule has 256 valence electrons. The van der Waals surface area contributed by atoms with Crippen LogP contribution in [-0.2, 0) is 14.3 Å². The summed E-state index contributed by atoms with van der Waals surface area (Å²) in [6.07, 6.45) is 0.604. The van der Waals surface area contributed by atoms with E-state index in [1.165, 1.54) is 11.2 Å². The summed E-state index contributed by atoms with van der Waals surface area (Å²) in [7, 11) is 1.66. The Kier molecular flexibility index (Phi) is 9.54. The summed E-state index contributed by atoms with van der Waals surface area (Å²) in [6.45, 7) is 5.64. The minimum Gasteiger partial charge on any atom is -0.495 e. The number of nitrogens with one attached hydrogen (secondary N) is 1. The predicted octanol–water partition coefficient (Wildman–Crippen LogP) is 3.37. The third-order valence-electron chi connectivity index (χ3n) is 9.82. The molecule has 4 aliphatic rings. The van der Waals surface area contributed by atoms with E-state index in [-0.39, 0.29) is 48.3 Å². The third kappa shape index (κ3) is 7.13. The van der Waals surface area contributed by atoms with Gasteiger partial charge in [0.1, 0.15) is 35.8 Å². The molecule has 0 radical (unpaired) electrons. The second kappa shape index (κ2) is 14.3. The average molecular weight is 671 g/mol. The number of piperidine rings is 1. The molecule has 1 aromatic heterocycles. The second-order valence-corrected chi connectivity index (χ2v) is 12.9. The van der Waals surface area contributed by atoms with E-state index in [2.05, 4.69) is 36.1 Å². The molecule has 1 saturated carbocycles. The summed E-state index contributed by atoms with van der Waals surface area (Å²) in [4.78, 5) is 43.9. The quantitative estimate of drug-likeness (QED) is 0.356. The van der Waals surface area contributed by atoms with Gasteiger partial charge < -0.3 is 29.3 Å². The molecule has 0 spiro atoms. The number of amides is 1. The largest absolute Gasteiger partial charge is 0.495 e. The summed E-state index contributed by atoms with van der Waals surface area (Å²) in [6, 6.07) is 13.5. The van der Waals surface area contributed by atoms with E-state index in [1.807, 2.05) is 18.2 Å². The Labute approximate surface area is 284 Å². The summed E-state index contributed by atoms with van der Waals surface area (Å²) in [5, 5.41) is 13.1. The first-order valence-corrected chi connectivity index (χ1v) is 16.7. The van der Waals surface area contributed by atoms with E-state index in [1.54, 1.807) is 25.3 Å². The van der Waals surface area contributed by atoms with Crippen molar-refractivity contribution in [2.45, 2.75) is 44.0 Å². The van der Waals surface area contributed by atoms with Gasteiger partial charge in [-0.05, 0) is 36.8 Å². The Morgan fingerprint density at radius 3 is 2.59 bits per heavy atom. The number of rotatable bonds is 9. The summed E-state index contributed by atoms with van der Waals surface area (Å²) in [5.41, 5.74) is 2.55. The number of likely N-dealkylation sites (tertiary alicyclic amines) is 1. The summed E-state index contributed by atoms with van der Waals surface area (Å²) < 4.78 is 32.3. The maximum atomic E-state index is 15.2. The van der Waals surface area contributed by atoms with Crippen molar-refractivity contribution < 1.29 is 28.2 Å². The number of nitriles is 1. The number of aromatic nitrogens is 3. The Bertz CT molecular complexity index is 1740. The van der Waals surface area contributed by atoms with Gasteiger partial charge in [-0.2, -0.15) is 10.2 Å². The van der Waals surface area contributed by atoms with Crippen molar-refractivity contribution in [1.82, 2.24) is 24.8 Å². The fraction of sp³-hybridized carbons (Fsp3) is 0.486. The molecule has 2 aromatic carbocycles. The lowest BCUT2D eigenvalue weighted by Gasteiger charge is -2.43. The van der Waals surface area contributed by atoms with Crippen LogP contribution >= 0.6 is 0 Å².